The second kappa shape index (κ2) is 6.29. The van der Waals surface area contributed by atoms with Gasteiger partial charge in [0.05, 0.1) is 10.1 Å². The molecule has 2 fully saturated rings. The fourth-order valence-electron chi connectivity index (χ4n) is 3.22. The van der Waals surface area contributed by atoms with Crippen LogP contribution in [0.15, 0.2) is 12.1 Å². The highest BCUT2D eigenvalue weighted by molar-refractivity contribution is 7.89. The van der Waals surface area contributed by atoms with E-state index in [9.17, 15) is 13.2 Å². The third-order valence-corrected chi connectivity index (χ3v) is 7.91. The van der Waals surface area contributed by atoms with Crippen molar-refractivity contribution in [2.24, 2.45) is 0 Å². The molecule has 3 rings (SSSR count). The Balaban J connectivity index is 1.61. The van der Waals surface area contributed by atoms with Crippen LogP contribution < -0.4 is 0 Å². The molecule has 0 N–H and O–H groups in total. The number of nitrogens with zero attached hydrogens (tertiary/aromatic N) is 2. The van der Waals surface area contributed by atoms with Gasteiger partial charge in [-0.05, 0) is 44.7 Å². The normalized spacial score (nSPS) is 21.4. The number of likely N-dealkylation sites (tertiary alicyclic amines) is 1. The van der Waals surface area contributed by atoms with E-state index in [1.54, 1.807) is 9.21 Å². The Morgan fingerprint density at radius 1 is 1.14 bits per heavy atom. The van der Waals surface area contributed by atoms with Gasteiger partial charge in [0.1, 0.15) is 0 Å². The number of sulfonamides is 1. The molecule has 0 aromatic carbocycles. The van der Waals surface area contributed by atoms with Crippen molar-refractivity contribution in [3.8, 4) is 0 Å². The number of aryl methyl sites for hydroxylation is 1. The third-order valence-electron chi connectivity index (χ3n) is 4.53. The lowest BCUT2D eigenvalue weighted by atomic mass is 10.1. The van der Waals surface area contributed by atoms with Crippen LogP contribution in [0.5, 0.6) is 0 Å². The van der Waals surface area contributed by atoms with Crippen LogP contribution in [-0.4, -0.2) is 55.0 Å². The van der Waals surface area contributed by atoms with Gasteiger partial charge in [-0.2, -0.15) is 0 Å². The highest BCUT2D eigenvalue weighted by Gasteiger charge is 2.36. The summed E-state index contributed by atoms with van der Waals surface area (Å²) in [6.45, 7) is 4.38. The van der Waals surface area contributed by atoms with E-state index in [0.29, 0.717) is 39.0 Å². The van der Waals surface area contributed by atoms with Gasteiger partial charge in [-0.1, -0.05) is 0 Å². The second-order valence-corrected chi connectivity index (χ2v) is 9.55. The van der Waals surface area contributed by atoms with Gasteiger partial charge in [-0.3, -0.25) is 4.79 Å². The summed E-state index contributed by atoms with van der Waals surface area (Å²) in [5.74, 6) is 0.0371. The zero-order valence-electron chi connectivity index (χ0n) is 12.8. The number of hydrogen-bond acceptors (Lipinski definition) is 4. The molecule has 0 bridgehead atoms. The zero-order valence-corrected chi connectivity index (χ0v) is 14.5. The third kappa shape index (κ3) is 3.07. The first-order chi connectivity index (χ1) is 10.5. The Hall–Kier alpha value is -0.920. The maximum absolute atomic E-state index is 12.6. The summed E-state index contributed by atoms with van der Waals surface area (Å²) < 4.78 is 26.8. The molecule has 0 atom stereocenters. The SMILES string of the molecule is Cc1ccc(C(=O)N2CCC(S(=O)(=O)N3CCCC3)CC2)s1. The van der Waals surface area contributed by atoms with Gasteiger partial charge in [0, 0.05) is 31.1 Å². The minimum absolute atomic E-state index is 0.0371. The molecule has 22 heavy (non-hydrogen) atoms. The van der Waals surface area contributed by atoms with Crippen LogP contribution in [0, 0.1) is 6.92 Å². The number of thiophene rings is 1. The predicted octanol–water partition coefficient (Wildman–Crippen LogP) is 2.09. The summed E-state index contributed by atoms with van der Waals surface area (Å²) in [6.07, 6.45) is 3.03. The van der Waals surface area contributed by atoms with Crippen molar-refractivity contribution in [3.05, 3.63) is 21.9 Å². The summed E-state index contributed by atoms with van der Waals surface area (Å²) in [5.41, 5.74) is 0. The maximum atomic E-state index is 12.6. The zero-order chi connectivity index (χ0) is 15.7. The monoisotopic (exact) mass is 342 g/mol. The number of hydrogen-bond donors (Lipinski definition) is 0. The van der Waals surface area contributed by atoms with E-state index in [2.05, 4.69) is 0 Å². The van der Waals surface area contributed by atoms with Crippen molar-refractivity contribution in [2.45, 2.75) is 37.9 Å². The molecule has 0 unspecified atom stereocenters. The topological polar surface area (TPSA) is 57.7 Å². The molecule has 0 spiro atoms. The van der Waals surface area contributed by atoms with E-state index in [1.807, 2.05) is 19.1 Å². The highest BCUT2D eigenvalue weighted by Crippen LogP contribution is 2.26. The van der Waals surface area contributed by atoms with Gasteiger partial charge >= 0.3 is 0 Å². The average Bonchev–Trinajstić information content (AvgIpc) is 3.18. The van der Waals surface area contributed by atoms with Gasteiger partial charge in [-0.25, -0.2) is 12.7 Å². The van der Waals surface area contributed by atoms with Gasteiger partial charge in [0.25, 0.3) is 5.91 Å². The Kier molecular flexibility index (Phi) is 4.56. The first-order valence-corrected chi connectivity index (χ1v) is 10.1. The molecule has 2 aliphatic heterocycles. The van der Waals surface area contributed by atoms with Crippen LogP contribution in [0.4, 0.5) is 0 Å². The van der Waals surface area contributed by atoms with Crippen LogP contribution in [0.25, 0.3) is 0 Å². The molecule has 2 saturated heterocycles. The van der Waals surface area contributed by atoms with Crippen LogP contribution in [0.3, 0.4) is 0 Å². The number of amides is 1. The first kappa shape index (κ1) is 16.0. The van der Waals surface area contributed by atoms with Gasteiger partial charge in [-0.15, -0.1) is 11.3 Å². The van der Waals surface area contributed by atoms with E-state index in [-0.39, 0.29) is 11.2 Å². The van der Waals surface area contributed by atoms with E-state index >= 15 is 0 Å². The molecular weight excluding hydrogens is 320 g/mol. The van der Waals surface area contributed by atoms with E-state index < -0.39 is 10.0 Å². The largest absolute Gasteiger partial charge is 0.338 e. The summed E-state index contributed by atoms with van der Waals surface area (Å²) in [6, 6.07) is 3.80. The highest BCUT2D eigenvalue weighted by atomic mass is 32.2. The van der Waals surface area contributed by atoms with Crippen molar-refractivity contribution in [2.75, 3.05) is 26.2 Å². The molecule has 1 aromatic heterocycles. The van der Waals surface area contributed by atoms with Crippen molar-refractivity contribution in [3.63, 3.8) is 0 Å². The summed E-state index contributed by atoms with van der Waals surface area (Å²) in [5, 5.41) is -0.320. The molecule has 1 aromatic rings. The quantitative estimate of drug-likeness (QED) is 0.845. The number of piperidine rings is 1. The molecule has 0 radical (unpaired) electrons. The molecule has 0 saturated carbocycles. The molecule has 2 aliphatic rings. The predicted molar refractivity (Wildman–Crippen MR) is 87.7 cm³/mol. The van der Waals surface area contributed by atoms with E-state index in [4.69, 9.17) is 0 Å². The van der Waals surface area contributed by atoms with Crippen LogP contribution >= 0.6 is 11.3 Å². The minimum atomic E-state index is -3.17. The van der Waals surface area contributed by atoms with Gasteiger partial charge in [0.15, 0.2) is 0 Å². The van der Waals surface area contributed by atoms with E-state index in [0.717, 1.165) is 22.6 Å². The standard InChI is InChI=1S/C15H22N2O3S2/c1-12-4-5-14(21-12)15(18)16-10-6-13(7-11-16)22(19,20)17-8-2-3-9-17/h4-5,13H,2-3,6-11H2,1H3. The Labute approximate surface area is 136 Å². The average molecular weight is 342 g/mol. The van der Waals surface area contributed by atoms with Crippen molar-refractivity contribution in [1.29, 1.82) is 0 Å². The Bertz CT molecular complexity index is 639. The van der Waals surface area contributed by atoms with E-state index in [1.165, 1.54) is 11.3 Å². The molecule has 122 valence electrons. The molecular formula is C15H22N2O3S2. The van der Waals surface area contributed by atoms with Gasteiger partial charge < -0.3 is 4.90 Å². The molecule has 1 amide bonds. The molecule has 5 nitrogen and oxygen atoms in total. The van der Waals surface area contributed by atoms with Crippen LogP contribution in [0.1, 0.15) is 40.2 Å². The summed E-state index contributed by atoms with van der Waals surface area (Å²) in [7, 11) is -3.17. The summed E-state index contributed by atoms with van der Waals surface area (Å²) >= 11 is 1.50. The molecule has 7 heteroatoms. The van der Waals surface area contributed by atoms with Gasteiger partial charge in [0.2, 0.25) is 10.0 Å². The Morgan fingerprint density at radius 3 is 2.32 bits per heavy atom. The number of carbonyl (C=O) groups is 1. The maximum Gasteiger partial charge on any atom is 0.263 e. The molecule has 3 heterocycles. The summed E-state index contributed by atoms with van der Waals surface area (Å²) in [4.78, 5) is 16.1. The van der Waals surface area contributed by atoms with Crippen molar-refractivity contribution in [1.82, 2.24) is 9.21 Å². The van der Waals surface area contributed by atoms with Crippen LogP contribution in [0.2, 0.25) is 0 Å². The number of carbonyl (C=O) groups excluding carboxylic acids is 1. The number of rotatable bonds is 3. The molecule has 0 aliphatic carbocycles. The minimum Gasteiger partial charge on any atom is -0.338 e. The van der Waals surface area contributed by atoms with Crippen molar-refractivity contribution < 1.29 is 13.2 Å². The second-order valence-electron chi connectivity index (χ2n) is 6.05. The lowest BCUT2D eigenvalue weighted by Crippen LogP contribution is -2.46. The first-order valence-electron chi connectivity index (χ1n) is 7.83. The lowest BCUT2D eigenvalue weighted by molar-refractivity contribution is 0.0729. The smallest absolute Gasteiger partial charge is 0.263 e. The fourth-order valence-corrected chi connectivity index (χ4v) is 6.05. The fraction of sp³-hybridized carbons (Fsp3) is 0.667. The van der Waals surface area contributed by atoms with Crippen molar-refractivity contribution >= 4 is 27.3 Å². The lowest BCUT2D eigenvalue weighted by Gasteiger charge is -2.33. The van der Waals surface area contributed by atoms with Crippen LogP contribution in [-0.2, 0) is 10.0 Å². The Morgan fingerprint density at radius 2 is 1.77 bits per heavy atom.